The van der Waals surface area contributed by atoms with Gasteiger partial charge in [0.25, 0.3) is 5.91 Å². The summed E-state index contributed by atoms with van der Waals surface area (Å²) in [7, 11) is 0. The fourth-order valence-electron chi connectivity index (χ4n) is 2.87. The van der Waals surface area contributed by atoms with Crippen LogP contribution in [0.3, 0.4) is 0 Å². The minimum absolute atomic E-state index is 0.0823. The van der Waals surface area contributed by atoms with Crippen molar-refractivity contribution in [3.63, 3.8) is 0 Å². The molecule has 0 aliphatic carbocycles. The van der Waals surface area contributed by atoms with Crippen LogP contribution in [0.25, 0.3) is 0 Å². The van der Waals surface area contributed by atoms with Crippen LogP contribution < -0.4 is 5.32 Å². The van der Waals surface area contributed by atoms with Crippen LogP contribution >= 0.6 is 31.9 Å². The molecule has 3 rings (SSSR count). The van der Waals surface area contributed by atoms with E-state index >= 15 is 0 Å². The average molecular weight is 485 g/mol. The Kier molecular flexibility index (Phi) is 6.16. The van der Waals surface area contributed by atoms with Gasteiger partial charge in [-0.25, -0.2) is 0 Å². The van der Waals surface area contributed by atoms with E-state index in [0.29, 0.717) is 31.9 Å². The van der Waals surface area contributed by atoms with Gasteiger partial charge in [-0.1, -0.05) is 0 Å². The maximum Gasteiger partial charge on any atom is 0.289 e. The van der Waals surface area contributed by atoms with E-state index in [2.05, 4.69) is 37.2 Å². The van der Waals surface area contributed by atoms with Crippen LogP contribution in [0.4, 0.5) is 5.69 Å². The van der Waals surface area contributed by atoms with Crippen LogP contribution in [0.5, 0.6) is 0 Å². The topological polar surface area (TPSA) is 65.8 Å². The zero-order chi connectivity index (χ0) is 18.7. The Morgan fingerprint density at radius 1 is 1.15 bits per heavy atom. The van der Waals surface area contributed by atoms with Crippen molar-refractivity contribution in [3.8, 4) is 0 Å². The normalized spacial score (nSPS) is 15.1. The molecule has 1 fully saturated rings. The smallest absolute Gasteiger partial charge is 0.289 e. The second-order valence-electron chi connectivity index (χ2n) is 6.20. The standard InChI is InChI=1S/C18H19Br2N3O3/c1-12-9-13(19)17(14(20)10-12)21-16(24)11-22-4-6-23(7-5-22)18(25)15-3-2-8-26-15/h2-3,8-10H,4-7,11H2,1H3,(H,21,24). The van der Waals surface area contributed by atoms with Gasteiger partial charge in [-0.3, -0.25) is 14.5 Å². The predicted octanol–water partition coefficient (Wildman–Crippen LogP) is 3.51. The summed E-state index contributed by atoms with van der Waals surface area (Å²) in [6, 6.07) is 7.29. The summed E-state index contributed by atoms with van der Waals surface area (Å²) in [6.45, 7) is 4.72. The summed E-state index contributed by atoms with van der Waals surface area (Å²) in [4.78, 5) is 28.4. The van der Waals surface area contributed by atoms with Crippen LogP contribution in [-0.2, 0) is 4.79 Å². The summed E-state index contributed by atoms with van der Waals surface area (Å²) in [5.74, 6) is 0.165. The van der Waals surface area contributed by atoms with Gasteiger partial charge in [-0.15, -0.1) is 0 Å². The van der Waals surface area contributed by atoms with Crippen LogP contribution in [0, 0.1) is 6.92 Å². The molecule has 1 aromatic carbocycles. The zero-order valence-electron chi connectivity index (χ0n) is 14.3. The molecular weight excluding hydrogens is 466 g/mol. The van der Waals surface area contributed by atoms with Gasteiger partial charge < -0.3 is 14.6 Å². The zero-order valence-corrected chi connectivity index (χ0v) is 17.5. The number of piperazine rings is 1. The van der Waals surface area contributed by atoms with E-state index < -0.39 is 0 Å². The molecule has 2 amide bonds. The van der Waals surface area contributed by atoms with Crippen LogP contribution in [0.15, 0.2) is 43.9 Å². The van der Waals surface area contributed by atoms with Gasteiger partial charge in [0.2, 0.25) is 5.91 Å². The van der Waals surface area contributed by atoms with Crippen LogP contribution in [0.2, 0.25) is 0 Å². The molecule has 0 bridgehead atoms. The maximum atomic E-state index is 12.4. The highest BCUT2D eigenvalue weighted by Crippen LogP contribution is 2.32. The Morgan fingerprint density at radius 2 is 1.81 bits per heavy atom. The molecule has 2 aromatic rings. The van der Waals surface area contributed by atoms with E-state index in [4.69, 9.17) is 4.42 Å². The third-order valence-corrected chi connectivity index (χ3v) is 5.46. The number of anilines is 1. The molecule has 0 spiro atoms. The van der Waals surface area contributed by atoms with Crippen LogP contribution in [-0.4, -0.2) is 54.3 Å². The van der Waals surface area contributed by atoms with Gasteiger partial charge in [0.15, 0.2) is 5.76 Å². The number of hydrogen-bond acceptors (Lipinski definition) is 4. The molecule has 1 saturated heterocycles. The highest BCUT2D eigenvalue weighted by molar-refractivity contribution is 9.11. The van der Waals surface area contributed by atoms with Crippen molar-refractivity contribution in [3.05, 3.63) is 50.8 Å². The number of carbonyl (C=O) groups is 2. The quantitative estimate of drug-likeness (QED) is 0.721. The summed E-state index contributed by atoms with van der Waals surface area (Å²) < 4.78 is 6.84. The Balaban J connectivity index is 1.52. The largest absolute Gasteiger partial charge is 0.459 e. The third kappa shape index (κ3) is 4.55. The molecular formula is C18H19Br2N3O3. The number of halogens is 2. The van der Waals surface area contributed by atoms with Crippen molar-refractivity contribution in [2.24, 2.45) is 0 Å². The van der Waals surface area contributed by atoms with Crippen molar-refractivity contribution in [2.45, 2.75) is 6.92 Å². The summed E-state index contributed by atoms with van der Waals surface area (Å²) in [5.41, 5.74) is 1.83. The lowest BCUT2D eigenvalue weighted by Crippen LogP contribution is -2.50. The Morgan fingerprint density at radius 3 is 2.38 bits per heavy atom. The monoisotopic (exact) mass is 483 g/mol. The molecule has 1 aromatic heterocycles. The van der Waals surface area contributed by atoms with E-state index in [-0.39, 0.29) is 18.4 Å². The predicted molar refractivity (Wildman–Crippen MR) is 106 cm³/mol. The fraction of sp³-hybridized carbons (Fsp3) is 0.333. The SMILES string of the molecule is Cc1cc(Br)c(NC(=O)CN2CCN(C(=O)c3ccco3)CC2)c(Br)c1. The molecule has 1 aliphatic rings. The van der Waals surface area contributed by atoms with Gasteiger partial charge >= 0.3 is 0 Å². The van der Waals surface area contributed by atoms with E-state index in [1.54, 1.807) is 17.0 Å². The molecule has 0 unspecified atom stereocenters. The lowest BCUT2D eigenvalue weighted by Gasteiger charge is -2.33. The molecule has 2 heterocycles. The summed E-state index contributed by atoms with van der Waals surface area (Å²) in [5, 5.41) is 2.94. The molecule has 1 N–H and O–H groups in total. The summed E-state index contributed by atoms with van der Waals surface area (Å²) >= 11 is 6.97. The average Bonchev–Trinajstić information content (AvgIpc) is 3.13. The van der Waals surface area contributed by atoms with Gasteiger partial charge in [-0.05, 0) is 68.6 Å². The summed E-state index contributed by atoms with van der Waals surface area (Å²) in [6.07, 6.45) is 1.50. The molecule has 0 atom stereocenters. The van der Waals surface area contributed by atoms with Gasteiger partial charge in [0, 0.05) is 35.1 Å². The number of carbonyl (C=O) groups excluding carboxylic acids is 2. The van der Waals surface area contributed by atoms with Crippen molar-refractivity contribution in [1.29, 1.82) is 0 Å². The molecule has 138 valence electrons. The molecule has 26 heavy (non-hydrogen) atoms. The number of rotatable bonds is 4. The maximum absolute atomic E-state index is 12.4. The van der Waals surface area contributed by atoms with Crippen molar-refractivity contribution >= 4 is 49.4 Å². The number of nitrogens with zero attached hydrogens (tertiary/aromatic N) is 2. The number of hydrogen-bond donors (Lipinski definition) is 1. The third-order valence-electron chi connectivity index (χ3n) is 4.21. The molecule has 0 radical (unpaired) electrons. The molecule has 6 nitrogen and oxygen atoms in total. The first-order valence-corrected chi connectivity index (χ1v) is 9.83. The molecule has 1 aliphatic heterocycles. The molecule has 8 heteroatoms. The Hall–Kier alpha value is -1.64. The van der Waals surface area contributed by atoms with Crippen molar-refractivity contribution < 1.29 is 14.0 Å². The van der Waals surface area contributed by atoms with E-state index in [1.165, 1.54) is 6.26 Å². The van der Waals surface area contributed by atoms with Crippen molar-refractivity contribution in [2.75, 3.05) is 38.0 Å². The van der Waals surface area contributed by atoms with Gasteiger partial charge in [0.1, 0.15) is 0 Å². The minimum atomic E-state index is -0.105. The fourth-order valence-corrected chi connectivity index (χ4v) is 4.48. The van der Waals surface area contributed by atoms with E-state index in [1.807, 2.05) is 24.0 Å². The van der Waals surface area contributed by atoms with E-state index in [9.17, 15) is 9.59 Å². The van der Waals surface area contributed by atoms with E-state index in [0.717, 1.165) is 20.2 Å². The van der Waals surface area contributed by atoms with Gasteiger partial charge in [-0.2, -0.15) is 0 Å². The minimum Gasteiger partial charge on any atom is -0.459 e. The van der Waals surface area contributed by atoms with Crippen molar-refractivity contribution in [1.82, 2.24) is 9.80 Å². The first-order valence-electron chi connectivity index (χ1n) is 8.24. The lowest BCUT2D eigenvalue weighted by molar-refractivity contribution is -0.117. The number of nitrogens with one attached hydrogen (secondary N) is 1. The number of benzene rings is 1. The number of amides is 2. The second-order valence-corrected chi connectivity index (χ2v) is 7.91. The Bertz CT molecular complexity index is 777. The Labute approximate surface area is 168 Å². The highest BCUT2D eigenvalue weighted by Gasteiger charge is 2.24. The number of aryl methyl sites for hydroxylation is 1. The highest BCUT2D eigenvalue weighted by atomic mass is 79.9. The van der Waals surface area contributed by atoms with Crippen LogP contribution in [0.1, 0.15) is 16.1 Å². The first-order chi connectivity index (χ1) is 12.4. The van der Waals surface area contributed by atoms with Gasteiger partial charge in [0.05, 0.1) is 18.5 Å². The number of furan rings is 1. The second kappa shape index (κ2) is 8.37. The molecule has 0 saturated carbocycles. The lowest BCUT2D eigenvalue weighted by atomic mass is 10.2. The first kappa shape index (κ1) is 19.1.